The standard InChI is InChI=1S/C32H40O.C4H9NO3.CH4/c1-26(27-17-11-8-12-18-27)32-23-16-22-30(32)25-29(31(32)28-19-13-9-14-20-28)21-10-6-4-2-3-5-7-15-24-33;1-5-3(2-6)4(7)8;/h8-9,11-14,17-20,24,30H,1-7,10,15-16,21-23,25H2;3,5-6H,2H2,1H3,(H,7,8);1H4. The Balaban J connectivity index is 0.000000603. The number of carboxylic acids is 1. The average Bonchev–Trinajstić information content (AvgIpc) is 3.54. The van der Waals surface area contributed by atoms with Gasteiger partial charge in [-0.15, -0.1) is 0 Å². The molecule has 0 saturated heterocycles. The summed E-state index contributed by atoms with van der Waals surface area (Å²) < 4.78 is 0. The lowest BCUT2D eigenvalue weighted by atomic mass is 9.66. The van der Waals surface area contributed by atoms with E-state index in [1.54, 1.807) is 11.1 Å². The van der Waals surface area contributed by atoms with E-state index in [2.05, 4.69) is 66.0 Å². The van der Waals surface area contributed by atoms with E-state index < -0.39 is 12.0 Å². The number of rotatable bonds is 16. The maximum Gasteiger partial charge on any atom is 0.323 e. The van der Waals surface area contributed by atoms with E-state index >= 15 is 0 Å². The van der Waals surface area contributed by atoms with Crippen LogP contribution in [-0.4, -0.2) is 42.2 Å². The predicted octanol–water partition coefficient (Wildman–Crippen LogP) is 8.34. The Hall–Kier alpha value is -3.02. The quantitative estimate of drug-likeness (QED) is 0.138. The average molecular weight is 576 g/mol. The monoisotopic (exact) mass is 575 g/mol. The molecule has 230 valence electrons. The van der Waals surface area contributed by atoms with Gasteiger partial charge in [-0.25, -0.2) is 0 Å². The van der Waals surface area contributed by atoms with Gasteiger partial charge in [-0.2, -0.15) is 0 Å². The number of carboxylic acid groups (broad SMARTS) is 1. The van der Waals surface area contributed by atoms with E-state index in [1.165, 1.54) is 94.4 Å². The van der Waals surface area contributed by atoms with Crippen molar-refractivity contribution < 1.29 is 19.8 Å². The maximum atomic E-state index is 10.4. The number of hydrogen-bond acceptors (Lipinski definition) is 4. The molecule has 0 amide bonds. The molecule has 2 aliphatic rings. The van der Waals surface area contributed by atoms with Crippen molar-refractivity contribution in [3.8, 4) is 0 Å². The summed E-state index contributed by atoms with van der Waals surface area (Å²) >= 11 is 0. The van der Waals surface area contributed by atoms with E-state index in [-0.39, 0.29) is 19.4 Å². The minimum Gasteiger partial charge on any atom is -0.480 e. The molecule has 0 spiro atoms. The molecule has 1 saturated carbocycles. The third-order valence-electron chi connectivity index (χ3n) is 8.97. The summed E-state index contributed by atoms with van der Waals surface area (Å²) in [6, 6.07) is 21.3. The number of nitrogens with one attached hydrogen (secondary N) is 1. The molecule has 3 atom stereocenters. The SMILES string of the molecule is C.C=C(c1ccccc1)C12CCCC1CC(CCCCCCCCCC=O)=C2c1ccccc1.CNC(CO)C(=O)O. The van der Waals surface area contributed by atoms with Crippen LogP contribution in [0.25, 0.3) is 11.1 Å². The molecular weight excluding hydrogens is 522 g/mol. The fraction of sp³-hybridized carbons (Fsp3) is 0.514. The minimum absolute atomic E-state index is 0. The van der Waals surface area contributed by atoms with E-state index in [1.807, 2.05) is 0 Å². The Morgan fingerprint density at radius 2 is 1.60 bits per heavy atom. The number of carbonyl (C=O) groups is 2. The first kappa shape index (κ1) is 35.2. The summed E-state index contributed by atoms with van der Waals surface area (Å²) in [5.41, 5.74) is 7.51. The molecule has 2 aliphatic carbocycles. The van der Waals surface area contributed by atoms with E-state index in [0.717, 1.165) is 19.1 Å². The van der Waals surface area contributed by atoms with Gasteiger partial charge in [-0.1, -0.05) is 119 Å². The number of likely N-dealkylation sites (N-methyl/N-ethyl adjacent to an activating group) is 1. The van der Waals surface area contributed by atoms with Crippen LogP contribution >= 0.6 is 0 Å². The van der Waals surface area contributed by atoms with Crippen LogP contribution in [0.5, 0.6) is 0 Å². The molecule has 2 aromatic rings. The number of carbonyl (C=O) groups excluding carboxylic acids is 1. The molecule has 1 fully saturated rings. The summed E-state index contributed by atoms with van der Waals surface area (Å²) in [7, 11) is 1.48. The predicted molar refractivity (Wildman–Crippen MR) is 175 cm³/mol. The second-order valence-electron chi connectivity index (χ2n) is 11.5. The maximum absolute atomic E-state index is 10.4. The molecular formula is C37H53NO4. The van der Waals surface area contributed by atoms with Gasteiger partial charge in [0.25, 0.3) is 0 Å². The molecule has 0 aliphatic heterocycles. The Morgan fingerprint density at radius 1 is 1.00 bits per heavy atom. The minimum atomic E-state index is -1.03. The topological polar surface area (TPSA) is 86.6 Å². The van der Waals surface area contributed by atoms with Crippen molar-refractivity contribution in [2.45, 2.75) is 96.9 Å². The van der Waals surface area contributed by atoms with Crippen molar-refractivity contribution in [3.05, 3.63) is 83.9 Å². The molecule has 0 radical (unpaired) electrons. The summed E-state index contributed by atoms with van der Waals surface area (Å²) in [6.45, 7) is 4.38. The second kappa shape index (κ2) is 18.5. The molecule has 0 aromatic heterocycles. The first-order valence-corrected chi connectivity index (χ1v) is 15.5. The number of aliphatic carboxylic acids is 1. The first-order valence-electron chi connectivity index (χ1n) is 15.5. The van der Waals surface area contributed by atoms with Gasteiger partial charge in [0, 0.05) is 11.8 Å². The van der Waals surface area contributed by atoms with E-state index in [4.69, 9.17) is 16.8 Å². The van der Waals surface area contributed by atoms with Crippen molar-refractivity contribution in [3.63, 3.8) is 0 Å². The van der Waals surface area contributed by atoms with Crippen LogP contribution in [0.4, 0.5) is 0 Å². The van der Waals surface area contributed by atoms with Crippen molar-refractivity contribution in [2.24, 2.45) is 11.3 Å². The highest BCUT2D eigenvalue weighted by Crippen LogP contribution is 2.66. The molecule has 0 bridgehead atoms. The largest absolute Gasteiger partial charge is 0.480 e. The second-order valence-corrected chi connectivity index (χ2v) is 11.5. The number of aliphatic hydroxyl groups excluding tert-OH is 1. The number of allylic oxidation sites excluding steroid dienone is 3. The molecule has 2 aromatic carbocycles. The first-order chi connectivity index (χ1) is 20.0. The van der Waals surface area contributed by atoms with Gasteiger partial charge in [0.15, 0.2) is 0 Å². The van der Waals surface area contributed by atoms with Crippen molar-refractivity contribution in [1.29, 1.82) is 0 Å². The summed E-state index contributed by atoms with van der Waals surface area (Å²) in [4.78, 5) is 20.4. The fourth-order valence-corrected chi connectivity index (χ4v) is 6.88. The molecule has 3 N–H and O–H groups in total. The normalized spacial score (nSPS) is 19.7. The Kier molecular flexibility index (Phi) is 15.5. The Morgan fingerprint density at radius 3 is 2.14 bits per heavy atom. The molecule has 3 unspecified atom stereocenters. The molecule has 5 heteroatoms. The molecule has 4 rings (SSSR count). The van der Waals surface area contributed by atoms with Crippen molar-refractivity contribution in [2.75, 3.05) is 13.7 Å². The van der Waals surface area contributed by atoms with Gasteiger partial charge in [-0.05, 0) is 73.8 Å². The number of hydrogen-bond donors (Lipinski definition) is 3. The zero-order chi connectivity index (χ0) is 29.5. The van der Waals surface area contributed by atoms with Gasteiger partial charge < -0.3 is 20.3 Å². The van der Waals surface area contributed by atoms with Crippen LogP contribution in [0.1, 0.15) is 102 Å². The van der Waals surface area contributed by atoms with Crippen molar-refractivity contribution >= 4 is 23.4 Å². The zero-order valence-electron chi connectivity index (χ0n) is 24.8. The van der Waals surface area contributed by atoms with Crippen LogP contribution < -0.4 is 5.32 Å². The molecule has 5 nitrogen and oxygen atoms in total. The summed E-state index contributed by atoms with van der Waals surface area (Å²) in [5, 5.41) is 18.8. The number of fused-ring (bicyclic) bond motifs is 1. The highest BCUT2D eigenvalue weighted by molar-refractivity contribution is 5.90. The molecule has 42 heavy (non-hydrogen) atoms. The van der Waals surface area contributed by atoms with Gasteiger partial charge in [0.1, 0.15) is 12.3 Å². The van der Waals surface area contributed by atoms with Crippen molar-refractivity contribution in [1.82, 2.24) is 5.32 Å². The lowest BCUT2D eigenvalue weighted by molar-refractivity contribution is -0.140. The highest BCUT2D eigenvalue weighted by atomic mass is 16.4. The number of benzene rings is 2. The lowest BCUT2D eigenvalue weighted by Gasteiger charge is -2.36. The fourth-order valence-electron chi connectivity index (χ4n) is 6.88. The number of unbranched alkanes of at least 4 members (excludes halogenated alkanes) is 7. The third-order valence-corrected chi connectivity index (χ3v) is 8.97. The van der Waals surface area contributed by atoms with E-state index in [9.17, 15) is 9.59 Å². The van der Waals surface area contributed by atoms with Gasteiger partial charge >= 0.3 is 5.97 Å². The van der Waals surface area contributed by atoms with Crippen LogP contribution in [0.2, 0.25) is 0 Å². The highest BCUT2D eigenvalue weighted by Gasteiger charge is 2.52. The smallest absolute Gasteiger partial charge is 0.323 e. The zero-order valence-corrected chi connectivity index (χ0v) is 24.8. The summed E-state index contributed by atoms with van der Waals surface area (Å²) in [5.74, 6) is -0.330. The van der Waals surface area contributed by atoms with Crippen LogP contribution in [0, 0.1) is 11.3 Å². The van der Waals surface area contributed by atoms with Crippen LogP contribution in [0.15, 0.2) is 72.8 Å². The van der Waals surface area contributed by atoms with Gasteiger partial charge in [0.2, 0.25) is 0 Å². The number of aldehydes is 1. The lowest BCUT2D eigenvalue weighted by Crippen LogP contribution is -2.36. The Bertz CT molecular complexity index is 1120. The Labute approximate surface area is 254 Å². The summed E-state index contributed by atoms with van der Waals surface area (Å²) in [6.07, 6.45) is 16.9. The third kappa shape index (κ3) is 8.99. The van der Waals surface area contributed by atoms with Crippen LogP contribution in [0.3, 0.4) is 0 Å². The van der Waals surface area contributed by atoms with Crippen LogP contribution in [-0.2, 0) is 9.59 Å². The van der Waals surface area contributed by atoms with Gasteiger partial charge in [0.05, 0.1) is 6.61 Å². The van der Waals surface area contributed by atoms with Gasteiger partial charge in [-0.3, -0.25) is 4.79 Å². The van der Waals surface area contributed by atoms with E-state index in [0.29, 0.717) is 5.92 Å². The number of aliphatic hydroxyl groups is 1. The molecule has 0 heterocycles.